The van der Waals surface area contributed by atoms with Gasteiger partial charge in [-0.2, -0.15) is 0 Å². The lowest BCUT2D eigenvalue weighted by molar-refractivity contribution is -0.119. The highest BCUT2D eigenvalue weighted by Crippen LogP contribution is 2.20. The van der Waals surface area contributed by atoms with Crippen molar-refractivity contribution < 1.29 is 9.59 Å². The molecule has 0 aromatic rings. The van der Waals surface area contributed by atoms with E-state index in [0.29, 0.717) is 24.8 Å². The van der Waals surface area contributed by atoms with Gasteiger partial charge in [-0.25, -0.2) is 0 Å². The average molecular weight is 246 g/mol. The summed E-state index contributed by atoms with van der Waals surface area (Å²) in [6.07, 6.45) is 2.97. The zero-order valence-electron chi connectivity index (χ0n) is 9.99. The first-order valence-corrected chi connectivity index (χ1v) is 6.68. The van der Waals surface area contributed by atoms with Crippen LogP contribution in [0.25, 0.3) is 0 Å². The van der Waals surface area contributed by atoms with Gasteiger partial charge in [-0.15, -0.1) is 0 Å². The summed E-state index contributed by atoms with van der Waals surface area (Å²) in [5.74, 6) is 0.637. The van der Waals surface area contributed by atoms with E-state index in [1.54, 1.807) is 0 Å². The number of carbonyl (C=O) groups excluding carboxylic acids is 2. The van der Waals surface area contributed by atoms with Gasteiger partial charge in [0.1, 0.15) is 0 Å². The molecule has 0 bridgehead atoms. The molecule has 1 N–H and O–H groups in total. The molecule has 1 atom stereocenters. The third-order valence-corrected chi connectivity index (χ3v) is 3.71. The minimum Gasteiger partial charge on any atom is -0.356 e. The van der Waals surface area contributed by atoms with Gasteiger partial charge in [0.2, 0.25) is 5.91 Å². The van der Waals surface area contributed by atoms with E-state index in [-0.39, 0.29) is 11.0 Å². The summed E-state index contributed by atoms with van der Waals surface area (Å²) in [4.78, 5) is 24.5. The van der Waals surface area contributed by atoms with Crippen molar-refractivity contribution in [2.24, 2.45) is 0 Å². The third-order valence-electron chi connectivity index (χ3n) is 2.81. The molecule has 0 aromatic carbocycles. The Bertz CT molecular complexity index is 258. The predicted molar refractivity (Wildman–Crippen MR) is 66.4 cm³/mol. The summed E-state index contributed by atoms with van der Waals surface area (Å²) < 4.78 is 0. The molecule has 0 aliphatic carbocycles. The lowest BCUT2D eigenvalue weighted by atomic mass is 10.2. The van der Waals surface area contributed by atoms with Gasteiger partial charge in [0.25, 0.3) is 0 Å². The van der Waals surface area contributed by atoms with Crippen molar-refractivity contribution in [1.29, 1.82) is 0 Å². The van der Waals surface area contributed by atoms with Crippen molar-refractivity contribution in [2.75, 3.05) is 25.9 Å². The van der Waals surface area contributed by atoms with Crippen LogP contribution in [0.4, 0.5) is 0 Å². The number of hydrogen-bond donors (Lipinski definition) is 1. The van der Waals surface area contributed by atoms with Gasteiger partial charge < -0.3 is 10.2 Å². The van der Waals surface area contributed by atoms with Crippen molar-refractivity contribution >= 4 is 22.8 Å². The number of likely N-dealkylation sites (tertiary alicyclic amines) is 1. The Labute approximate surface area is 101 Å². The smallest absolute Gasteiger partial charge is 0.216 e. The van der Waals surface area contributed by atoms with E-state index >= 15 is 0 Å². The minimum atomic E-state index is -0.0384. The molecule has 0 spiro atoms. The van der Waals surface area contributed by atoms with E-state index in [0.717, 1.165) is 13.0 Å². The maximum absolute atomic E-state index is 11.6. The minimum absolute atomic E-state index is 0.0384. The summed E-state index contributed by atoms with van der Waals surface area (Å²) in [5.41, 5.74) is 0. The SMILES string of the molecule is CC(=O)NCCS[14C](=O)CC1CCCN1C. The maximum Gasteiger partial charge on any atom is 0.216 e. The van der Waals surface area contributed by atoms with E-state index in [1.165, 1.54) is 25.1 Å². The van der Waals surface area contributed by atoms with Crippen LogP contribution in [0, 0.1) is 0 Å². The fourth-order valence-corrected chi connectivity index (χ4v) is 2.62. The van der Waals surface area contributed by atoms with Crippen LogP contribution in [-0.2, 0) is 9.59 Å². The number of amides is 1. The summed E-state index contributed by atoms with van der Waals surface area (Å²) in [7, 11) is 2.08. The largest absolute Gasteiger partial charge is 0.356 e. The lowest BCUT2D eigenvalue weighted by Gasteiger charge is -2.17. The second kappa shape index (κ2) is 6.91. The van der Waals surface area contributed by atoms with Crippen LogP contribution in [0.15, 0.2) is 0 Å². The van der Waals surface area contributed by atoms with Gasteiger partial charge >= 0.3 is 0 Å². The zero-order valence-corrected chi connectivity index (χ0v) is 10.8. The van der Waals surface area contributed by atoms with Crippen molar-refractivity contribution in [1.82, 2.24) is 10.2 Å². The number of hydrogen-bond acceptors (Lipinski definition) is 4. The molecule has 5 heteroatoms. The predicted octanol–water partition coefficient (Wildman–Crippen LogP) is 0.867. The number of rotatable bonds is 5. The summed E-state index contributed by atoms with van der Waals surface area (Å²) in [6, 6.07) is 0.431. The standard InChI is InChI=1S/C11H20N2O2S/c1-9(14)12-5-7-16-11(15)8-10-4-3-6-13(10)2/h10H,3-8H2,1-2H3,(H,12,14)/i11+2. The van der Waals surface area contributed by atoms with Gasteiger partial charge in [-0.05, 0) is 26.4 Å². The molecule has 16 heavy (non-hydrogen) atoms. The van der Waals surface area contributed by atoms with Crippen LogP contribution < -0.4 is 5.32 Å². The Kier molecular flexibility index (Phi) is 5.84. The molecule has 1 unspecified atom stereocenters. The molecule has 0 radical (unpaired) electrons. The van der Waals surface area contributed by atoms with Gasteiger partial charge in [0.15, 0.2) is 5.12 Å². The van der Waals surface area contributed by atoms with Crippen LogP contribution >= 0.6 is 11.8 Å². The molecule has 1 aliphatic rings. The Balaban J connectivity index is 2.08. The number of carbonyl (C=O) groups is 2. The van der Waals surface area contributed by atoms with Crippen LogP contribution in [0.2, 0.25) is 0 Å². The monoisotopic (exact) mass is 246 g/mol. The van der Waals surface area contributed by atoms with E-state index in [4.69, 9.17) is 0 Å². The van der Waals surface area contributed by atoms with Gasteiger partial charge in [0, 0.05) is 31.7 Å². The molecular weight excluding hydrogens is 226 g/mol. The summed E-state index contributed by atoms with van der Waals surface area (Å²) >= 11 is 1.33. The molecule has 1 aliphatic heterocycles. The molecule has 4 nitrogen and oxygen atoms in total. The normalized spacial score (nSPS) is 21.0. The van der Waals surface area contributed by atoms with Crippen molar-refractivity contribution in [3.63, 3.8) is 0 Å². The Hall–Kier alpha value is -0.550. The summed E-state index contributed by atoms with van der Waals surface area (Å²) in [5, 5.41) is 2.92. The van der Waals surface area contributed by atoms with Crippen molar-refractivity contribution in [2.45, 2.75) is 32.2 Å². The van der Waals surface area contributed by atoms with E-state index < -0.39 is 0 Å². The first-order chi connectivity index (χ1) is 7.59. The fraction of sp³-hybridized carbons (Fsp3) is 0.818. The van der Waals surface area contributed by atoms with Crippen LogP contribution in [0.1, 0.15) is 26.2 Å². The summed E-state index contributed by atoms with van der Waals surface area (Å²) in [6.45, 7) is 3.17. The molecule has 0 aromatic heterocycles. The molecule has 1 amide bonds. The van der Waals surface area contributed by atoms with Gasteiger partial charge in [-0.3, -0.25) is 9.59 Å². The molecule has 1 fully saturated rings. The first-order valence-electron chi connectivity index (χ1n) is 5.70. The maximum atomic E-state index is 11.6. The Morgan fingerprint density at radius 3 is 2.94 bits per heavy atom. The highest BCUT2D eigenvalue weighted by molar-refractivity contribution is 8.13. The van der Waals surface area contributed by atoms with Gasteiger partial charge in [0.05, 0.1) is 0 Å². The van der Waals surface area contributed by atoms with Crippen LogP contribution in [0.3, 0.4) is 0 Å². The lowest BCUT2D eigenvalue weighted by Crippen LogP contribution is -2.27. The highest BCUT2D eigenvalue weighted by atomic mass is 32.2. The van der Waals surface area contributed by atoms with Crippen LogP contribution in [-0.4, -0.2) is 47.9 Å². The molecule has 0 saturated carbocycles. The second-order valence-corrected chi connectivity index (χ2v) is 5.34. The van der Waals surface area contributed by atoms with Gasteiger partial charge in [-0.1, -0.05) is 11.8 Å². The van der Waals surface area contributed by atoms with E-state index in [9.17, 15) is 9.59 Å². The zero-order chi connectivity index (χ0) is 12.0. The first kappa shape index (κ1) is 13.5. The number of thioether (sulfide) groups is 1. The average Bonchev–Trinajstić information content (AvgIpc) is 2.59. The molecule has 92 valence electrons. The molecule has 1 rings (SSSR count). The van der Waals surface area contributed by atoms with Crippen molar-refractivity contribution in [3.8, 4) is 0 Å². The molecular formula is C11H20N2O2S. The van der Waals surface area contributed by atoms with Crippen LogP contribution in [0.5, 0.6) is 0 Å². The number of nitrogens with zero attached hydrogens (tertiary/aromatic N) is 1. The Morgan fingerprint density at radius 1 is 1.62 bits per heavy atom. The molecule has 1 heterocycles. The topological polar surface area (TPSA) is 49.4 Å². The Morgan fingerprint density at radius 2 is 2.38 bits per heavy atom. The second-order valence-electron chi connectivity index (χ2n) is 4.18. The van der Waals surface area contributed by atoms with Crippen molar-refractivity contribution in [3.05, 3.63) is 0 Å². The van der Waals surface area contributed by atoms with E-state index in [2.05, 4.69) is 17.3 Å². The quantitative estimate of drug-likeness (QED) is 0.731. The van der Waals surface area contributed by atoms with E-state index in [1.807, 2.05) is 0 Å². The fourth-order valence-electron chi connectivity index (χ4n) is 1.88. The highest BCUT2D eigenvalue weighted by Gasteiger charge is 2.23. The third kappa shape index (κ3) is 4.99. The number of nitrogens with one attached hydrogen (secondary N) is 1. The molecule has 1 saturated heterocycles.